The molecule has 1 aromatic carbocycles. The second-order valence-electron chi connectivity index (χ2n) is 6.15. The van der Waals surface area contributed by atoms with Gasteiger partial charge in [-0.05, 0) is 24.6 Å². The first-order valence-electron chi connectivity index (χ1n) is 8.67. The molecule has 1 amide bonds. The van der Waals surface area contributed by atoms with E-state index >= 15 is 0 Å². The van der Waals surface area contributed by atoms with Crippen LogP contribution >= 0.6 is 11.6 Å². The number of amides is 1. The number of halogens is 2. The molecule has 3 rings (SSSR count). The molecule has 0 spiro atoms. The first-order valence-corrected chi connectivity index (χ1v) is 9.05. The highest BCUT2D eigenvalue weighted by Gasteiger charge is 2.22. The van der Waals surface area contributed by atoms with E-state index in [0.29, 0.717) is 44.1 Å². The topological polar surface area (TPSA) is 54.9 Å². The molecular formula is C19H21ClFN3O3. The first-order chi connectivity index (χ1) is 13.1. The van der Waals surface area contributed by atoms with E-state index in [1.165, 1.54) is 12.3 Å². The molecule has 1 aromatic heterocycles. The van der Waals surface area contributed by atoms with Crippen LogP contribution in [0.5, 0.6) is 11.5 Å². The van der Waals surface area contributed by atoms with E-state index < -0.39 is 5.82 Å². The minimum absolute atomic E-state index is 0.0548. The Balaban J connectivity index is 1.56. The van der Waals surface area contributed by atoms with E-state index in [0.717, 1.165) is 0 Å². The van der Waals surface area contributed by atoms with Crippen molar-refractivity contribution >= 4 is 23.3 Å². The highest BCUT2D eigenvalue weighted by molar-refractivity contribution is 6.30. The van der Waals surface area contributed by atoms with Gasteiger partial charge >= 0.3 is 0 Å². The Hall–Kier alpha value is -2.54. The van der Waals surface area contributed by atoms with Gasteiger partial charge in [-0.2, -0.15) is 0 Å². The van der Waals surface area contributed by atoms with Gasteiger partial charge in [-0.1, -0.05) is 17.7 Å². The Morgan fingerprint density at radius 2 is 2.04 bits per heavy atom. The van der Waals surface area contributed by atoms with E-state index in [1.807, 2.05) is 11.0 Å². The van der Waals surface area contributed by atoms with Crippen LogP contribution in [-0.4, -0.2) is 55.7 Å². The Kier molecular flexibility index (Phi) is 6.34. The fraction of sp³-hybridized carbons (Fsp3) is 0.368. The van der Waals surface area contributed by atoms with Crippen LogP contribution in [0.4, 0.5) is 10.2 Å². The average molecular weight is 394 g/mol. The molecule has 6 nitrogen and oxygen atoms in total. The van der Waals surface area contributed by atoms with Crippen LogP contribution in [-0.2, 0) is 4.79 Å². The molecule has 8 heteroatoms. The van der Waals surface area contributed by atoms with Gasteiger partial charge in [-0.3, -0.25) is 4.79 Å². The molecule has 0 atom stereocenters. The van der Waals surface area contributed by atoms with E-state index in [-0.39, 0.29) is 23.4 Å². The summed E-state index contributed by atoms with van der Waals surface area (Å²) in [6, 6.07) is 8.36. The summed E-state index contributed by atoms with van der Waals surface area (Å²) in [7, 11) is 1.58. The third kappa shape index (κ3) is 5.01. The van der Waals surface area contributed by atoms with Crippen LogP contribution in [0.15, 0.2) is 36.5 Å². The van der Waals surface area contributed by atoms with Gasteiger partial charge in [0.15, 0.2) is 18.2 Å². The summed E-state index contributed by atoms with van der Waals surface area (Å²) in [5.74, 6) is 0.948. The standard InChI is InChI=1S/C19H21ClFN3O3/c1-26-15-4-2-5-16(11-15)27-13-18(25)23-6-3-7-24(9-8-23)19-17(21)10-14(20)12-22-19/h2,4-5,10-12H,3,6-9,13H2,1H3. The molecule has 144 valence electrons. The molecule has 2 aromatic rings. The maximum absolute atomic E-state index is 14.1. The van der Waals surface area contributed by atoms with E-state index in [4.69, 9.17) is 21.1 Å². The lowest BCUT2D eigenvalue weighted by Gasteiger charge is -2.23. The Labute approximate surface area is 162 Å². The lowest BCUT2D eigenvalue weighted by Crippen LogP contribution is -2.38. The average Bonchev–Trinajstić information content (AvgIpc) is 2.92. The number of pyridine rings is 1. The molecular weight excluding hydrogens is 373 g/mol. The van der Waals surface area contributed by atoms with Crippen LogP contribution < -0.4 is 14.4 Å². The summed E-state index contributed by atoms with van der Waals surface area (Å²) in [5.41, 5.74) is 0. The second kappa shape index (κ2) is 8.90. The molecule has 0 radical (unpaired) electrons. The monoisotopic (exact) mass is 393 g/mol. The zero-order valence-corrected chi connectivity index (χ0v) is 15.8. The molecule has 1 fully saturated rings. The zero-order chi connectivity index (χ0) is 19.2. The van der Waals surface area contributed by atoms with E-state index in [1.54, 1.807) is 30.2 Å². The number of carbonyl (C=O) groups excluding carboxylic acids is 1. The largest absolute Gasteiger partial charge is 0.497 e. The second-order valence-corrected chi connectivity index (χ2v) is 6.58. The SMILES string of the molecule is COc1cccc(OCC(=O)N2CCCN(c3ncc(Cl)cc3F)CC2)c1. The predicted octanol–water partition coefficient (Wildman–Crippen LogP) is 3.00. The highest BCUT2D eigenvalue weighted by atomic mass is 35.5. The lowest BCUT2D eigenvalue weighted by atomic mass is 10.3. The van der Waals surface area contributed by atoms with E-state index in [9.17, 15) is 9.18 Å². The summed E-state index contributed by atoms with van der Waals surface area (Å²) in [6.07, 6.45) is 2.14. The summed E-state index contributed by atoms with van der Waals surface area (Å²) in [5, 5.41) is 0.262. The third-order valence-electron chi connectivity index (χ3n) is 4.34. The summed E-state index contributed by atoms with van der Waals surface area (Å²) in [6.45, 7) is 2.12. The third-order valence-corrected chi connectivity index (χ3v) is 4.55. The quantitative estimate of drug-likeness (QED) is 0.781. The van der Waals surface area contributed by atoms with Gasteiger partial charge in [0, 0.05) is 38.4 Å². The number of benzene rings is 1. The molecule has 0 aliphatic carbocycles. The minimum atomic E-state index is -0.455. The van der Waals surface area contributed by atoms with Crippen LogP contribution in [0.25, 0.3) is 0 Å². The Morgan fingerprint density at radius 3 is 2.81 bits per heavy atom. The van der Waals surface area contributed by atoms with Gasteiger partial charge in [-0.15, -0.1) is 0 Å². The number of ether oxygens (including phenoxy) is 2. The number of rotatable bonds is 5. The normalized spacial score (nSPS) is 14.6. The number of carbonyl (C=O) groups is 1. The maximum Gasteiger partial charge on any atom is 0.260 e. The smallest absolute Gasteiger partial charge is 0.260 e. The van der Waals surface area contributed by atoms with Crippen molar-refractivity contribution in [1.82, 2.24) is 9.88 Å². The van der Waals surface area contributed by atoms with Crippen LogP contribution in [0.2, 0.25) is 5.02 Å². The van der Waals surface area contributed by atoms with Crippen molar-refractivity contribution in [3.63, 3.8) is 0 Å². The van der Waals surface area contributed by atoms with Gasteiger partial charge in [0.2, 0.25) is 0 Å². The number of anilines is 1. The molecule has 0 saturated carbocycles. The van der Waals surface area contributed by atoms with Crippen LogP contribution in [0, 0.1) is 5.82 Å². The Morgan fingerprint density at radius 1 is 1.22 bits per heavy atom. The predicted molar refractivity (Wildman–Crippen MR) is 101 cm³/mol. The van der Waals surface area contributed by atoms with Crippen molar-refractivity contribution in [3.05, 3.63) is 47.4 Å². The number of aromatic nitrogens is 1. The molecule has 0 bridgehead atoms. The number of hydrogen-bond acceptors (Lipinski definition) is 5. The molecule has 0 N–H and O–H groups in total. The summed E-state index contributed by atoms with van der Waals surface area (Å²) >= 11 is 5.76. The van der Waals surface area contributed by atoms with Gasteiger partial charge in [-0.25, -0.2) is 9.37 Å². The molecule has 2 heterocycles. The van der Waals surface area contributed by atoms with E-state index in [2.05, 4.69) is 4.98 Å². The fourth-order valence-corrected chi connectivity index (χ4v) is 3.09. The van der Waals surface area contributed by atoms with Crippen molar-refractivity contribution in [2.24, 2.45) is 0 Å². The summed E-state index contributed by atoms with van der Waals surface area (Å²) in [4.78, 5) is 20.1. The molecule has 1 saturated heterocycles. The van der Waals surface area contributed by atoms with Crippen LogP contribution in [0.1, 0.15) is 6.42 Å². The van der Waals surface area contributed by atoms with Crippen molar-refractivity contribution < 1.29 is 18.7 Å². The van der Waals surface area contributed by atoms with Crippen LogP contribution in [0.3, 0.4) is 0 Å². The summed E-state index contributed by atoms with van der Waals surface area (Å²) < 4.78 is 24.8. The van der Waals surface area contributed by atoms with Gasteiger partial charge in [0.25, 0.3) is 5.91 Å². The highest BCUT2D eigenvalue weighted by Crippen LogP contribution is 2.21. The van der Waals surface area contributed by atoms with Crippen molar-refractivity contribution in [2.75, 3.05) is 44.8 Å². The maximum atomic E-state index is 14.1. The van der Waals surface area contributed by atoms with Crippen molar-refractivity contribution in [2.45, 2.75) is 6.42 Å². The fourth-order valence-electron chi connectivity index (χ4n) is 2.95. The number of nitrogens with zero attached hydrogens (tertiary/aromatic N) is 3. The molecule has 0 unspecified atom stereocenters. The molecule has 1 aliphatic rings. The number of methoxy groups -OCH3 is 1. The van der Waals surface area contributed by atoms with Crippen molar-refractivity contribution in [3.8, 4) is 11.5 Å². The molecule has 27 heavy (non-hydrogen) atoms. The van der Waals surface area contributed by atoms with Gasteiger partial charge in [0.1, 0.15) is 11.5 Å². The minimum Gasteiger partial charge on any atom is -0.497 e. The van der Waals surface area contributed by atoms with Gasteiger partial charge in [0.05, 0.1) is 12.1 Å². The molecule has 1 aliphatic heterocycles. The number of hydrogen-bond donors (Lipinski definition) is 0. The van der Waals surface area contributed by atoms with Gasteiger partial charge < -0.3 is 19.3 Å². The zero-order valence-electron chi connectivity index (χ0n) is 15.0. The lowest BCUT2D eigenvalue weighted by molar-refractivity contribution is -0.133. The Bertz CT molecular complexity index is 806. The first kappa shape index (κ1) is 19.2. The van der Waals surface area contributed by atoms with Crippen molar-refractivity contribution in [1.29, 1.82) is 0 Å².